The first-order valence-corrected chi connectivity index (χ1v) is 13.9. The highest BCUT2D eigenvalue weighted by molar-refractivity contribution is 7.15. The van der Waals surface area contributed by atoms with Gasteiger partial charge in [-0.25, -0.2) is 4.68 Å². The Morgan fingerprint density at radius 2 is 1.73 bits per heavy atom. The van der Waals surface area contributed by atoms with Crippen molar-refractivity contribution < 1.29 is 13.9 Å². The number of fused-ring (bicyclic) bond motifs is 3. The molecule has 0 aliphatic carbocycles. The maximum Gasteiger partial charge on any atom is 0.291 e. The number of para-hydroxylation sites is 2. The molecule has 0 radical (unpaired) electrons. The van der Waals surface area contributed by atoms with E-state index in [0.29, 0.717) is 51.5 Å². The zero-order valence-corrected chi connectivity index (χ0v) is 22.6. The lowest BCUT2D eigenvalue weighted by molar-refractivity contribution is 0.171. The van der Waals surface area contributed by atoms with Crippen LogP contribution in [0.15, 0.2) is 88.2 Å². The van der Waals surface area contributed by atoms with Gasteiger partial charge in [0.25, 0.3) is 5.56 Å². The van der Waals surface area contributed by atoms with Gasteiger partial charge in [-0.2, -0.15) is 14.6 Å². The van der Waals surface area contributed by atoms with Crippen LogP contribution in [0.5, 0.6) is 11.5 Å². The summed E-state index contributed by atoms with van der Waals surface area (Å²) in [6, 6.07) is 23.4. The number of rotatable bonds is 4. The third-order valence-corrected chi connectivity index (χ3v) is 8.05. The Kier molecular flexibility index (Phi) is 5.29. The van der Waals surface area contributed by atoms with Gasteiger partial charge in [-0.15, -0.1) is 5.10 Å². The van der Waals surface area contributed by atoms with Crippen LogP contribution in [0.4, 0.5) is 0 Å². The predicted octanol–water partition coefficient (Wildman–Crippen LogP) is 5.04. The van der Waals surface area contributed by atoms with Gasteiger partial charge < -0.3 is 13.9 Å². The van der Waals surface area contributed by atoms with Crippen molar-refractivity contribution in [1.29, 1.82) is 0 Å². The first kappa shape index (κ1) is 23.6. The van der Waals surface area contributed by atoms with Crippen LogP contribution in [0.25, 0.3) is 50.5 Å². The van der Waals surface area contributed by atoms with Gasteiger partial charge in [0.1, 0.15) is 24.5 Å². The fourth-order valence-electron chi connectivity index (χ4n) is 5.08. The second kappa shape index (κ2) is 9.17. The number of thiazole rings is 1. The lowest BCUT2D eigenvalue weighted by Crippen LogP contribution is -2.23. The first-order valence-electron chi connectivity index (χ1n) is 13.1. The van der Waals surface area contributed by atoms with Crippen LogP contribution in [0.2, 0.25) is 0 Å². The quantitative estimate of drug-likeness (QED) is 0.298. The highest BCUT2D eigenvalue weighted by atomic mass is 32.1. The van der Waals surface area contributed by atoms with E-state index < -0.39 is 0 Å². The molecule has 0 saturated heterocycles. The fourth-order valence-corrected chi connectivity index (χ4v) is 5.98. The van der Waals surface area contributed by atoms with Crippen LogP contribution < -0.4 is 19.6 Å². The molecular formula is C31H21N5O4S. The topological polar surface area (TPSA) is 96.7 Å². The number of nitrogens with zero attached hydrogens (tertiary/aromatic N) is 5. The summed E-state index contributed by atoms with van der Waals surface area (Å²) < 4.78 is 21.2. The zero-order chi connectivity index (χ0) is 27.5. The molecule has 5 heterocycles. The molecule has 41 heavy (non-hydrogen) atoms. The normalized spacial score (nSPS) is 13.4. The molecular weight excluding hydrogens is 538 g/mol. The van der Waals surface area contributed by atoms with Crippen molar-refractivity contribution in [3.63, 3.8) is 0 Å². The highest BCUT2D eigenvalue weighted by Crippen LogP contribution is 2.36. The third kappa shape index (κ3) is 3.91. The Morgan fingerprint density at radius 3 is 2.56 bits per heavy atom. The van der Waals surface area contributed by atoms with Crippen LogP contribution in [0.1, 0.15) is 11.1 Å². The monoisotopic (exact) mass is 559 g/mol. The van der Waals surface area contributed by atoms with Gasteiger partial charge >= 0.3 is 0 Å². The number of hydrogen-bond acceptors (Lipinski definition) is 8. The molecule has 0 atom stereocenters. The third-order valence-electron chi connectivity index (χ3n) is 7.09. The molecule has 0 spiro atoms. The Bertz CT molecular complexity index is 2210. The maximum atomic E-state index is 13.5. The molecule has 7 aromatic rings. The highest BCUT2D eigenvalue weighted by Gasteiger charge is 2.20. The van der Waals surface area contributed by atoms with Crippen LogP contribution in [-0.2, 0) is 0 Å². The van der Waals surface area contributed by atoms with Crippen LogP contribution >= 0.6 is 11.3 Å². The molecule has 0 saturated carbocycles. The lowest BCUT2D eigenvalue weighted by Gasteiger charge is -2.18. The summed E-state index contributed by atoms with van der Waals surface area (Å²) in [6.45, 7) is 2.98. The fraction of sp³-hybridized carbons (Fsp3) is 0.0968. The second-order valence-corrected chi connectivity index (χ2v) is 10.7. The number of furan rings is 1. The van der Waals surface area contributed by atoms with E-state index >= 15 is 0 Å². The summed E-state index contributed by atoms with van der Waals surface area (Å²) in [5.41, 5.74) is 4.69. The summed E-state index contributed by atoms with van der Waals surface area (Å²) in [5, 5.41) is 10.4. The van der Waals surface area contributed by atoms with Crippen molar-refractivity contribution in [1.82, 2.24) is 24.4 Å². The van der Waals surface area contributed by atoms with Crippen molar-refractivity contribution in [2.75, 3.05) is 13.2 Å². The minimum atomic E-state index is -0.252. The smallest absolute Gasteiger partial charge is 0.291 e. The van der Waals surface area contributed by atoms with Gasteiger partial charge in [0.05, 0.1) is 10.2 Å². The SMILES string of the molecule is Cc1c(-c2nc3sc(=Cc4cn(-c5ccccc5)nc4-c4ccc5c(c4)OCCO5)c(=O)n3n2)oc2ccccc12. The lowest BCUT2D eigenvalue weighted by atomic mass is 10.1. The maximum absolute atomic E-state index is 13.5. The average Bonchev–Trinajstić information content (AvgIpc) is 3.77. The molecule has 4 aromatic heterocycles. The van der Waals surface area contributed by atoms with E-state index in [9.17, 15) is 4.79 Å². The Morgan fingerprint density at radius 1 is 0.927 bits per heavy atom. The van der Waals surface area contributed by atoms with Gasteiger partial charge in [0.15, 0.2) is 17.3 Å². The molecule has 9 nitrogen and oxygen atoms in total. The van der Waals surface area contributed by atoms with Crippen LogP contribution in [-0.4, -0.2) is 37.6 Å². The van der Waals surface area contributed by atoms with Crippen molar-refractivity contribution >= 4 is 33.3 Å². The van der Waals surface area contributed by atoms with E-state index in [2.05, 4.69) is 10.1 Å². The minimum Gasteiger partial charge on any atom is -0.486 e. The van der Waals surface area contributed by atoms with E-state index in [-0.39, 0.29) is 5.56 Å². The van der Waals surface area contributed by atoms with E-state index in [1.807, 2.05) is 96.7 Å². The summed E-state index contributed by atoms with van der Waals surface area (Å²) >= 11 is 1.28. The number of aromatic nitrogens is 5. The Balaban J connectivity index is 1.25. The van der Waals surface area contributed by atoms with Crippen LogP contribution in [0.3, 0.4) is 0 Å². The van der Waals surface area contributed by atoms with E-state index in [0.717, 1.165) is 33.3 Å². The van der Waals surface area contributed by atoms with Gasteiger partial charge in [-0.05, 0) is 49.4 Å². The van der Waals surface area contributed by atoms with Gasteiger partial charge in [-0.1, -0.05) is 47.7 Å². The van der Waals surface area contributed by atoms with E-state index in [1.54, 1.807) is 0 Å². The molecule has 200 valence electrons. The standard InChI is InChI=1S/C31H21N5O4S/c1-18-22-9-5-6-10-23(22)40-28(18)29-32-31-36(34-29)30(37)26(41-31)16-20-17-35(21-7-3-2-4-8-21)33-27(20)19-11-12-24-25(15-19)39-14-13-38-24/h2-12,15-17H,13-14H2,1H3. The molecule has 1 aliphatic rings. The van der Waals surface area contributed by atoms with Crippen molar-refractivity contribution in [3.05, 3.63) is 105 Å². The molecule has 0 fully saturated rings. The molecule has 0 amide bonds. The number of benzene rings is 3. The summed E-state index contributed by atoms with van der Waals surface area (Å²) in [4.78, 5) is 18.6. The number of hydrogen-bond donors (Lipinski definition) is 0. The molecule has 10 heteroatoms. The molecule has 8 rings (SSSR count). The van der Waals surface area contributed by atoms with Gasteiger partial charge in [0.2, 0.25) is 10.8 Å². The first-order chi connectivity index (χ1) is 20.1. The molecule has 0 N–H and O–H groups in total. The summed E-state index contributed by atoms with van der Waals surface area (Å²) in [5.74, 6) is 2.33. The van der Waals surface area contributed by atoms with Gasteiger partial charge in [-0.3, -0.25) is 4.79 Å². The van der Waals surface area contributed by atoms with Crippen LogP contribution in [0, 0.1) is 6.92 Å². The number of aryl methyl sites for hydroxylation is 1. The second-order valence-electron chi connectivity index (χ2n) is 9.67. The molecule has 3 aromatic carbocycles. The average molecular weight is 560 g/mol. The van der Waals surface area contributed by atoms with E-state index in [1.165, 1.54) is 15.9 Å². The van der Waals surface area contributed by atoms with Crippen molar-refractivity contribution in [2.24, 2.45) is 0 Å². The summed E-state index contributed by atoms with van der Waals surface area (Å²) in [7, 11) is 0. The van der Waals surface area contributed by atoms with Gasteiger partial charge in [0, 0.05) is 28.3 Å². The zero-order valence-electron chi connectivity index (χ0n) is 21.8. The largest absolute Gasteiger partial charge is 0.486 e. The van der Waals surface area contributed by atoms with Crippen molar-refractivity contribution in [3.8, 4) is 40.0 Å². The molecule has 0 bridgehead atoms. The minimum absolute atomic E-state index is 0.252. The predicted molar refractivity (Wildman–Crippen MR) is 156 cm³/mol. The summed E-state index contributed by atoms with van der Waals surface area (Å²) in [6.07, 6.45) is 3.76. The van der Waals surface area contributed by atoms with Crippen molar-refractivity contribution in [2.45, 2.75) is 6.92 Å². The number of ether oxygens (including phenoxy) is 2. The Hall–Kier alpha value is -5.22. The molecule has 1 aliphatic heterocycles. The van der Waals surface area contributed by atoms with E-state index in [4.69, 9.17) is 19.0 Å². The Labute approximate surface area is 236 Å². The molecule has 0 unspecified atom stereocenters.